The van der Waals surface area contributed by atoms with Gasteiger partial charge in [0, 0.05) is 19.6 Å². The fourth-order valence-corrected chi connectivity index (χ4v) is 1.33. The first-order chi connectivity index (χ1) is 6.55. The Bertz CT molecular complexity index is 328. The maximum atomic E-state index is 12.3. The average molecular weight is 201 g/mol. The first-order valence-electron chi connectivity index (χ1n) is 4.44. The minimum absolute atomic E-state index is 0.558. The van der Waals surface area contributed by atoms with Gasteiger partial charge in [-0.05, 0) is 11.6 Å². The quantitative estimate of drug-likeness (QED) is 0.664. The molecule has 1 aliphatic rings. The zero-order valence-electron chi connectivity index (χ0n) is 7.51. The van der Waals surface area contributed by atoms with Crippen molar-refractivity contribution >= 4 is 0 Å². The van der Waals surface area contributed by atoms with Gasteiger partial charge < -0.3 is 0 Å². The molecule has 0 saturated carbocycles. The van der Waals surface area contributed by atoms with E-state index in [0.717, 1.165) is 24.7 Å². The Kier molecular flexibility index (Phi) is 2.23. The van der Waals surface area contributed by atoms with Crippen molar-refractivity contribution in [2.45, 2.75) is 12.7 Å². The summed E-state index contributed by atoms with van der Waals surface area (Å²) in [6, 6.07) is 5.51. The first-order valence-corrected chi connectivity index (χ1v) is 4.44. The second-order valence-electron chi connectivity index (χ2n) is 3.47. The molecule has 4 heteroatoms. The minimum Gasteiger partial charge on any atom is -0.297 e. The highest BCUT2D eigenvalue weighted by atomic mass is 19.4. The minimum atomic E-state index is -4.23. The van der Waals surface area contributed by atoms with E-state index >= 15 is 0 Å². The molecule has 0 aliphatic carbocycles. The Hall–Kier alpha value is -1.03. The molecule has 0 unspecified atom stereocenters. The molecule has 1 nitrogen and oxygen atoms in total. The molecule has 1 heterocycles. The molecule has 1 saturated heterocycles. The second kappa shape index (κ2) is 3.28. The topological polar surface area (TPSA) is 3.01 Å². The largest absolute Gasteiger partial charge is 0.416 e. The summed E-state index contributed by atoms with van der Waals surface area (Å²) >= 11 is 0. The number of nitrogens with zero attached hydrogens (tertiary/aromatic N) is 1. The van der Waals surface area contributed by atoms with Gasteiger partial charge in [0.2, 0.25) is 0 Å². The normalized spacial score (nSPS) is 17.1. The molecule has 76 valence electrons. The van der Waals surface area contributed by atoms with Crippen LogP contribution in [0.3, 0.4) is 0 Å². The molecular weight excluding hydrogens is 191 g/mol. The summed E-state index contributed by atoms with van der Waals surface area (Å²) in [6.45, 7) is 2.62. The van der Waals surface area contributed by atoms with Gasteiger partial charge in [-0.2, -0.15) is 13.2 Å². The van der Waals surface area contributed by atoms with Gasteiger partial charge in [0.1, 0.15) is 0 Å². The van der Waals surface area contributed by atoms with Crippen LogP contribution in [0.25, 0.3) is 0 Å². The highest BCUT2D eigenvalue weighted by molar-refractivity contribution is 5.25. The highest BCUT2D eigenvalue weighted by Gasteiger charge is 2.30. The SMILES string of the molecule is FC(F)(F)c1cccc(CN2CC2)c1. The summed E-state index contributed by atoms with van der Waals surface area (Å²) in [6.07, 6.45) is -4.23. The molecule has 0 atom stereocenters. The van der Waals surface area contributed by atoms with Crippen LogP contribution in [-0.4, -0.2) is 18.0 Å². The Morgan fingerprint density at radius 3 is 2.50 bits per heavy atom. The van der Waals surface area contributed by atoms with Crippen molar-refractivity contribution in [2.24, 2.45) is 0 Å². The van der Waals surface area contributed by atoms with Gasteiger partial charge in [-0.3, -0.25) is 4.90 Å². The highest BCUT2D eigenvalue weighted by Crippen LogP contribution is 2.29. The first kappa shape index (κ1) is 9.52. The van der Waals surface area contributed by atoms with Crippen molar-refractivity contribution in [2.75, 3.05) is 13.1 Å². The third-order valence-electron chi connectivity index (χ3n) is 2.20. The number of alkyl halides is 3. The van der Waals surface area contributed by atoms with Crippen molar-refractivity contribution in [3.8, 4) is 0 Å². The smallest absolute Gasteiger partial charge is 0.297 e. The van der Waals surface area contributed by atoms with E-state index in [2.05, 4.69) is 4.90 Å². The Morgan fingerprint density at radius 1 is 1.21 bits per heavy atom. The van der Waals surface area contributed by atoms with E-state index < -0.39 is 11.7 Å². The zero-order valence-corrected chi connectivity index (χ0v) is 7.51. The van der Waals surface area contributed by atoms with E-state index in [4.69, 9.17) is 0 Å². The van der Waals surface area contributed by atoms with Crippen molar-refractivity contribution in [3.63, 3.8) is 0 Å². The van der Waals surface area contributed by atoms with E-state index in [1.807, 2.05) is 0 Å². The molecule has 2 rings (SSSR count). The van der Waals surface area contributed by atoms with Gasteiger partial charge in [-0.1, -0.05) is 18.2 Å². The molecule has 0 radical (unpaired) electrons. The van der Waals surface area contributed by atoms with Crippen LogP contribution in [-0.2, 0) is 12.7 Å². The van der Waals surface area contributed by atoms with E-state index in [0.29, 0.717) is 6.54 Å². The summed E-state index contributed by atoms with van der Waals surface area (Å²) in [4.78, 5) is 2.08. The summed E-state index contributed by atoms with van der Waals surface area (Å²) in [5, 5.41) is 0. The van der Waals surface area contributed by atoms with Gasteiger partial charge in [-0.15, -0.1) is 0 Å². The van der Waals surface area contributed by atoms with Gasteiger partial charge in [0.15, 0.2) is 0 Å². The molecule has 1 fully saturated rings. The van der Waals surface area contributed by atoms with Crippen molar-refractivity contribution in [3.05, 3.63) is 35.4 Å². The van der Waals surface area contributed by atoms with Crippen LogP contribution in [0, 0.1) is 0 Å². The van der Waals surface area contributed by atoms with Gasteiger partial charge in [-0.25, -0.2) is 0 Å². The number of hydrogen-bond donors (Lipinski definition) is 0. The summed E-state index contributed by atoms with van der Waals surface area (Å²) < 4.78 is 36.9. The van der Waals surface area contributed by atoms with Crippen molar-refractivity contribution < 1.29 is 13.2 Å². The lowest BCUT2D eigenvalue weighted by molar-refractivity contribution is -0.137. The lowest BCUT2D eigenvalue weighted by atomic mass is 10.1. The number of rotatable bonds is 2. The zero-order chi connectivity index (χ0) is 10.2. The Labute approximate surface area is 80.1 Å². The van der Waals surface area contributed by atoms with E-state index in [1.165, 1.54) is 12.1 Å². The van der Waals surface area contributed by atoms with Crippen molar-refractivity contribution in [1.82, 2.24) is 4.90 Å². The second-order valence-corrected chi connectivity index (χ2v) is 3.47. The maximum absolute atomic E-state index is 12.3. The Morgan fingerprint density at radius 2 is 1.93 bits per heavy atom. The number of benzene rings is 1. The lowest BCUT2D eigenvalue weighted by Crippen LogP contribution is -2.06. The fourth-order valence-electron chi connectivity index (χ4n) is 1.33. The number of hydrogen-bond acceptors (Lipinski definition) is 1. The molecule has 0 amide bonds. The third-order valence-corrected chi connectivity index (χ3v) is 2.20. The van der Waals surface area contributed by atoms with Gasteiger partial charge >= 0.3 is 6.18 Å². The van der Waals surface area contributed by atoms with Crippen LogP contribution < -0.4 is 0 Å². The molecule has 1 aliphatic heterocycles. The summed E-state index contributed by atoms with van der Waals surface area (Å²) in [7, 11) is 0. The van der Waals surface area contributed by atoms with Gasteiger partial charge in [0.25, 0.3) is 0 Å². The van der Waals surface area contributed by atoms with Crippen LogP contribution in [0.5, 0.6) is 0 Å². The van der Waals surface area contributed by atoms with E-state index in [1.54, 1.807) is 6.07 Å². The average Bonchev–Trinajstić information content (AvgIpc) is 2.87. The molecule has 0 spiro atoms. The standard InChI is InChI=1S/C10H10F3N/c11-10(12,13)9-3-1-2-8(6-9)7-14-4-5-14/h1-3,6H,4-5,7H2. The van der Waals surface area contributed by atoms with Crippen LogP contribution in [0.15, 0.2) is 24.3 Å². The van der Waals surface area contributed by atoms with Crippen LogP contribution >= 0.6 is 0 Å². The van der Waals surface area contributed by atoms with E-state index in [-0.39, 0.29) is 0 Å². The summed E-state index contributed by atoms with van der Waals surface area (Å²) in [5.41, 5.74) is 0.175. The fraction of sp³-hybridized carbons (Fsp3) is 0.400. The lowest BCUT2D eigenvalue weighted by Gasteiger charge is -2.08. The molecule has 0 N–H and O–H groups in total. The van der Waals surface area contributed by atoms with Crippen LogP contribution in [0.1, 0.15) is 11.1 Å². The molecule has 0 bridgehead atoms. The van der Waals surface area contributed by atoms with Crippen LogP contribution in [0.4, 0.5) is 13.2 Å². The predicted octanol–water partition coefficient (Wildman–Crippen LogP) is 2.52. The molecular formula is C10H10F3N. The Balaban J connectivity index is 2.17. The molecule has 14 heavy (non-hydrogen) atoms. The maximum Gasteiger partial charge on any atom is 0.416 e. The molecule has 1 aromatic carbocycles. The third kappa shape index (κ3) is 2.26. The van der Waals surface area contributed by atoms with E-state index in [9.17, 15) is 13.2 Å². The monoisotopic (exact) mass is 201 g/mol. The summed E-state index contributed by atoms with van der Waals surface area (Å²) in [5.74, 6) is 0. The number of halogens is 3. The van der Waals surface area contributed by atoms with Crippen molar-refractivity contribution in [1.29, 1.82) is 0 Å². The van der Waals surface area contributed by atoms with Gasteiger partial charge in [0.05, 0.1) is 5.56 Å². The predicted molar refractivity (Wildman–Crippen MR) is 46.7 cm³/mol. The molecule has 1 aromatic rings. The van der Waals surface area contributed by atoms with Crippen LogP contribution in [0.2, 0.25) is 0 Å². The molecule has 0 aromatic heterocycles.